The van der Waals surface area contributed by atoms with Crippen LogP contribution in [0.4, 0.5) is 0 Å². The van der Waals surface area contributed by atoms with Gasteiger partial charge in [-0.2, -0.15) is 0 Å². The minimum absolute atomic E-state index is 0.685. The average Bonchev–Trinajstić information content (AvgIpc) is 2.25. The summed E-state index contributed by atoms with van der Waals surface area (Å²) in [6, 6.07) is 0.685. The van der Waals surface area contributed by atoms with Crippen molar-refractivity contribution in [1.29, 1.82) is 0 Å². The van der Waals surface area contributed by atoms with Crippen LogP contribution in [0.1, 0.15) is 39.0 Å². The van der Waals surface area contributed by atoms with Gasteiger partial charge in [-0.25, -0.2) is 0 Å². The van der Waals surface area contributed by atoms with Crippen LogP contribution in [0, 0.1) is 0 Å². The van der Waals surface area contributed by atoms with E-state index in [-0.39, 0.29) is 0 Å². The van der Waals surface area contributed by atoms with E-state index in [2.05, 4.69) is 10.3 Å². The molecule has 0 aromatic heterocycles. The minimum Gasteiger partial charge on any atom is -0.387 e. The molecule has 1 rings (SSSR count). The maximum absolute atomic E-state index is 4.26. The van der Waals surface area contributed by atoms with E-state index < -0.39 is 0 Å². The first-order valence-corrected chi connectivity index (χ1v) is 6.55. The fourth-order valence-corrected chi connectivity index (χ4v) is 1.81. The average molecular weight is 212 g/mol. The van der Waals surface area contributed by atoms with E-state index in [1.807, 2.05) is 25.6 Å². The minimum atomic E-state index is 0.685. The smallest absolute Gasteiger partial charge is 0.0698 e. The largest absolute Gasteiger partial charge is 0.387 e. The topological polar surface area (TPSA) is 24.4 Å². The van der Waals surface area contributed by atoms with Gasteiger partial charge in [0.05, 0.1) is 5.04 Å². The van der Waals surface area contributed by atoms with Crippen molar-refractivity contribution in [2.45, 2.75) is 45.1 Å². The van der Waals surface area contributed by atoms with Crippen molar-refractivity contribution in [3.8, 4) is 0 Å². The van der Waals surface area contributed by atoms with Crippen molar-refractivity contribution in [3.63, 3.8) is 0 Å². The van der Waals surface area contributed by atoms with Crippen molar-refractivity contribution in [3.05, 3.63) is 12.4 Å². The molecule has 0 unspecified atom stereocenters. The van der Waals surface area contributed by atoms with Gasteiger partial charge in [0.15, 0.2) is 0 Å². The van der Waals surface area contributed by atoms with E-state index in [1.54, 1.807) is 11.8 Å². The molecule has 2 nitrogen and oxygen atoms in total. The van der Waals surface area contributed by atoms with Crippen LogP contribution >= 0.6 is 11.8 Å². The van der Waals surface area contributed by atoms with Gasteiger partial charge in [-0.3, -0.25) is 4.99 Å². The quantitative estimate of drug-likeness (QED) is 0.574. The van der Waals surface area contributed by atoms with E-state index in [4.69, 9.17) is 0 Å². The summed E-state index contributed by atoms with van der Waals surface area (Å²) in [5, 5.41) is 4.51. The van der Waals surface area contributed by atoms with Crippen LogP contribution in [0.2, 0.25) is 0 Å². The van der Waals surface area contributed by atoms with E-state index in [0.29, 0.717) is 6.04 Å². The molecule has 1 N–H and O–H groups in total. The molecular weight excluding hydrogens is 192 g/mol. The third-order valence-corrected chi connectivity index (χ3v) is 3.26. The predicted octanol–water partition coefficient (Wildman–Crippen LogP) is 3.16. The summed E-state index contributed by atoms with van der Waals surface area (Å²) < 4.78 is 0. The molecular formula is C11H20N2S. The molecule has 0 aromatic carbocycles. The highest BCUT2D eigenvalue weighted by atomic mass is 32.2. The molecule has 80 valence electrons. The Balaban J connectivity index is 2.18. The Labute approximate surface area is 91.3 Å². The Morgan fingerprint density at radius 3 is 2.71 bits per heavy atom. The maximum Gasteiger partial charge on any atom is 0.0698 e. The third-order valence-electron chi connectivity index (χ3n) is 2.56. The van der Waals surface area contributed by atoms with Crippen molar-refractivity contribution in [1.82, 2.24) is 5.32 Å². The van der Waals surface area contributed by atoms with Crippen LogP contribution in [0.15, 0.2) is 17.4 Å². The standard InChI is InChI=1S/C11H20N2S/c1-10(14-2)12-8-9-13-11-6-4-3-5-7-11/h8-9,11,13H,3-7H2,1-2H3/b9-8+,12-10?. The summed E-state index contributed by atoms with van der Waals surface area (Å²) >= 11 is 1.68. The van der Waals surface area contributed by atoms with E-state index >= 15 is 0 Å². The van der Waals surface area contributed by atoms with Gasteiger partial charge in [0.1, 0.15) is 0 Å². The fraction of sp³-hybridized carbons (Fsp3) is 0.727. The first-order chi connectivity index (χ1) is 6.83. The second-order valence-electron chi connectivity index (χ2n) is 3.67. The van der Waals surface area contributed by atoms with Crippen molar-refractivity contribution in [2.24, 2.45) is 4.99 Å². The molecule has 1 fully saturated rings. The number of nitrogens with one attached hydrogen (secondary N) is 1. The van der Waals surface area contributed by atoms with E-state index in [0.717, 1.165) is 5.04 Å². The lowest BCUT2D eigenvalue weighted by atomic mass is 9.96. The molecule has 1 aliphatic carbocycles. The highest BCUT2D eigenvalue weighted by Gasteiger charge is 2.10. The van der Waals surface area contributed by atoms with E-state index in [9.17, 15) is 0 Å². The molecule has 0 atom stereocenters. The van der Waals surface area contributed by atoms with Crippen LogP contribution in [-0.2, 0) is 0 Å². The number of hydrogen-bond donors (Lipinski definition) is 1. The number of aliphatic imine (C=N–C) groups is 1. The number of thioether (sulfide) groups is 1. The molecule has 3 heteroatoms. The Bertz CT molecular complexity index is 205. The van der Waals surface area contributed by atoms with Gasteiger partial charge < -0.3 is 5.32 Å². The number of hydrogen-bond acceptors (Lipinski definition) is 3. The SMILES string of the molecule is CSC(C)=N/C=C/NC1CCCCC1. The zero-order valence-corrected chi connectivity index (χ0v) is 9.94. The summed E-state index contributed by atoms with van der Waals surface area (Å²) in [6.07, 6.45) is 12.7. The highest BCUT2D eigenvalue weighted by molar-refractivity contribution is 8.13. The van der Waals surface area contributed by atoms with Gasteiger partial charge in [0.2, 0.25) is 0 Å². The molecule has 0 aromatic rings. The lowest BCUT2D eigenvalue weighted by Gasteiger charge is -2.21. The van der Waals surface area contributed by atoms with Crippen LogP contribution < -0.4 is 5.32 Å². The monoisotopic (exact) mass is 212 g/mol. The maximum atomic E-state index is 4.26. The Kier molecular flexibility index (Phi) is 5.76. The van der Waals surface area contributed by atoms with Crippen molar-refractivity contribution < 1.29 is 0 Å². The molecule has 0 bridgehead atoms. The van der Waals surface area contributed by atoms with Crippen LogP contribution in [-0.4, -0.2) is 17.3 Å². The molecule has 0 radical (unpaired) electrons. The van der Waals surface area contributed by atoms with Crippen molar-refractivity contribution >= 4 is 16.8 Å². The molecule has 0 saturated heterocycles. The molecule has 1 saturated carbocycles. The second kappa shape index (κ2) is 6.93. The molecule has 1 aliphatic rings. The fourth-order valence-electron chi connectivity index (χ4n) is 1.64. The molecule has 14 heavy (non-hydrogen) atoms. The second-order valence-corrected chi connectivity index (χ2v) is 4.67. The highest BCUT2D eigenvalue weighted by Crippen LogP contribution is 2.17. The van der Waals surface area contributed by atoms with Crippen LogP contribution in [0.3, 0.4) is 0 Å². The zero-order valence-electron chi connectivity index (χ0n) is 9.12. The van der Waals surface area contributed by atoms with E-state index in [1.165, 1.54) is 32.1 Å². The summed E-state index contributed by atoms with van der Waals surface area (Å²) in [5.41, 5.74) is 0. The Hall–Kier alpha value is -0.440. The van der Waals surface area contributed by atoms with Gasteiger partial charge in [0.25, 0.3) is 0 Å². The molecule has 0 aliphatic heterocycles. The van der Waals surface area contributed by atoms with Gasteiger partial charge in [-0.05, 0) is 26.0 Å². The molecule has 0 spiro atoms. The Morgan fingerprint density at radius 1 is 1.36 bits per heavy atom. The first kappa shape index (κ1) is 11.6. The summed E-state index contributed by atoms with van der Waals surface area (Å²) in [5.74, 6) is 0. The lowest BCUT2D eigenvalue weighted by Crippen LogP contribution is -2.26. The van der Waals surface area contributed by atoms with Crippen molar-refractivity contribution in [2.75, 3.05) is 6.26 Å². The Morgan fingerprint density at radius 2 is 2.07 bits per heavy atom. The predicted molar refractivity (Wildman–Crippen MR) is 65.8 cm³/mol. The normalized spacial score (nSPS) is 20.3. The first-order valence-electron chi connectivity index (χ1n) is 5.32. The molecule has 0 heterocycles. The summed E-state index contributed by atoms with van der Waals surface area (Å²) in [6.45, 7) is 2.02. The third kappa shape index (κ3) is 4.70. The van der Waals surface area contributed by atoms with Gasteiger partial charge in [-0.1, -0.05) is 19.3 Å². The van der Waals surface area contributed by atoms with Crippen LogP contribution in [0.25, 0.3) is 0 Å². The van der Waals surface area contributed by atoms with Gasteiger partial charge in [-0.15, -0.1) is 11.8 Å². The number of rotatable bonds is 3. The summed E-state index contributed by atoms with van der Waals surface area (Å²) in [4.78, 5) is 4.26. The lowest BCUT2D eigenvalue weighted by molar-refractivity contribution is 0.404. The summed E-state index contributed by atoms with van der Waals surface area (Å²) in [7, 11) is 0. The van der Waals surface area contributed by atoms with Gasteiger partial charge in [0, 0.05) is 18.4 Å². The molecule has 0 amide bonds. The van der Waals surface area contributed by atoms with Crippen LogP contribution in [0.5, 0.6) is 0 Å². The number of nitrogens with zero attached hydrogens (tertiary/aromatic N) is 1. The van der Waals surface area contributed by atoms with Gasteiger partial charge >= 0.3 is 0 Å². The zero-order chi connectivity index (χ0) is 10.2.